The molecule has 0 heterocycles. The fraction of sp³-hybridized carbons (Fsp3) is 0.455. The molecule has 0 fully saturated rings. The summed E-state index contributed by atoms with van der Waals surface area (Å²) in [6, 6.07) is 8.02. The van der Waals surface area contributed by atoms with Gasteiger partial charge >= 0.3 is 0 Å². The van der Waals surface area contributed by atoms with Crippen LogP contribution in [0.1, 0.15) is 5.56 Å². The van der Waals surface area contributed by atoms with Gasteiger partial charge in [0.15, 0.2) is 0 Å². The molecule has 15 heavy (non-hydrogen) atoms. The third-order valence-electron chi connectivity index (χ3n) is 2.01. The van der Waals surface area contributed by atoms with Gasteiger partial charge in [0.2, 0.25) is 0 Å². The Hall–Kier alpha value is -0.420. The number of benzene rings is 1. The molecule has 0 saturated carbocycles. The van der Waals surface area contributed by atoms with E-state index in [1.807, 2.05) is 24.3 Å². The molecule has 2 N–H and O–H groups in total. The van der Waals surface area contributed by atoms with E-state index in [0.717, 1.165) is 11.0 Å². The Kier molecular flexibility index (Phi) is 5.86. The normalized spacial score (nSPS) is 12.7. The van der Waals surface area contributed by atoms with Crippen LogP contribution >= 0.6 is 15.9 Å². The van der Waals surface area contributed by atoms with Crippen LogP contribution in [0.25, 0.3) is 0 Å². The molecule has 1 rings (SSSR count). The van der Waals surface area contributed by atoms with E-state index in [9.17, 15) is 5.11 Å². The fourth-order valence-electron chi connectivity index (χ4n) is 1.27. The molecule has 0 amide bonds. The number of methoxy groups -OCH3 is 1. The molecule has 1 aromatic carbocycles. The van der Waals surface area contributed by atoms with Crippen LogP contribution in [0.4, 0.5) is 0 Å². The highest BCUT2D eigenvalue weighted by Gasteiger charge is 2.03. The average molecular weight is 274 g/mol. The zero-order valence-electron chi connectivity index (χ0n) is 8.74. The molecule has 1 aromatic rings. The van der Waals surface area contributed by atoms with Gasteiger partial charge in [0.05, 0.1) is 12.7 Å². The number of hydrogen-bond acceptors (Lipinski definition) is 3. The minimum atomic E-state index is -0.447. The summed E-state index contributed by atoms with van der Waals surface area (Å²) in [5, 5.41) is 12.6. The van der Waals surface area contributed by atoms with Crippen LogP contribution in [0.3, 0.4) is 0 Å². The molecule has 0 aliphatic heterocycles. The average Bonchev–Trinajstić information content (AvgIpc) is 2.21. The van der Waals surface area contributed by atoms with Crippen molar-refractivity contribution in [2.75, 3.05) is 20.3 Å². The first kappa shape index (κ1) is 12.6. The number of nitrogens with one attached hydrogen (secondary N) is 1. The zero-order chi connectivity index (χ0) is 11.1. The lowest BCUT2D eigenvalue weighted by atomic mass is 10.2. The molecule has 0 spiro atoms. The van der Waals surface area contributed by atoms with Gasteiger partial charge in [-0.15, -0.1) is 0 Å². The number of rotatable bonds is 6. The van der Waals surface area contributed by atoms with Crippen LogP contribution in [-0.4, -0.2) is 31.5 Å². The second kappa shape index (κ2) is 6.95. The lowest BCUT2D eigenvalue weighted by Crippen LogP contribution is -2.29. The standard InChI is InChI=1S/C11H16BrNO2/c1-15-8-10(14)7-13-6-9-4-2-3-5-11(9)12/h2-5,10,13-14H,6-8H2,1H3. The van der Waals surface area contributed by atoms with E-state index < -0.39 is 6.10 Å². The van der Waals surface area contributed by atoms with E-state index in [-0.39, 0.29) is 0 Å². The maximum atomic E-state index is 9.40. The van der Waals surface area contributed by atoms with Gasteiger partial charge in [-0.25, -0.2) is 0 Å². The fourth-order valence-corrected chi connectivity index (χ4v) is 1.69. The Balaban J connectivity index is 2.29. The minimum absolute atomic E-state index is 0.364. The third-order valence-corrected chi connectivity index (χ3v) is 2.79. The first-order chi connectivity index (χ1) is 7.24. The van der Waals surface area contributed by atoms with Crippen LogP contribution in [-0.2, 0) is 11.3 Å². The van der Waals surface area contributed by atoms with E-state index in [2.05, 4.69) is 21.2 Å². The first-order valence-corrected chi connectivity index (χ1v) is 5.64. The molecule has 1 atom stereocenters. The molecule has 0 aliphatic carbocycles. The van der Waals surface area contributed by atoms with Gasteiger partial charge in [0.25, 0.3) is 0 Å². The van der Waals surface area contributed by atoms with Gasteiger partial charge in [-0.3, -0.25) is 0 Å². The predicted molar refractivity (Wildman–Crippen MR) is 63.7 cm³/mol. The number of hydrogen-bond donors (Lipinski definition) is 2. The van der Waals surface area contributed by atoms with Crippen LogP contribution in [0.15, 0.2) is 28.7 Å². The molecule has 0 aliphatic rings. The van der Waals surface area contributed by atoms with E-state index in [1.54, 1.807) is 7.11 Å². The lowest BCUT2D eigenvalue weighted by molar-refractivity contribution is 0.0644. The second-order valence-electron chi connectivity index (χ2n) is 3.33. The van der Waals surface area contributed by atoms with Crippen LogP contribution in [0.5, 0.6) is 0 Å². The third kappa shape index (κ3) is 4.75. The molecule has 0 aromatic heterocycles. The largest absolute Gasteiger partial charge is 0.389 e. The van der Waals surface area contributed by atoms with Crippen molar-refractivity contribution in [1.82, 2.24) is 5.32 Å². The van der Waals surface area contributed by atoms with Gasteiger partial charge < -0.3 is 15.2 Å². The summed E-state index contributed by atoms with van der Waals surface area (Å²) in [7, 11) is 1.58. The molecular weight excluding hydrogens is 258 g/mol. The predicted octanol–water partition coefficient (Wildman–Crippen LogP) is 1.55. The summed E-state index contributed by atoms with van der Waals surface area (Å²) in [6.45, 7) is 1.64. The second-order valence-corrected chi connectivity index (χ2v) is 4.19. The highest BCUT2D eigenvalue weighted by Crippen LogP contribution is 2.15. The molecule has 4 heteroatoms. The van der Waals surface area contributed by atoms with E-state index in [1.165, 1.54) is 5.56 Å². The van der Waals surface area contributed by atoms with Crippen molar-refractivity contribution in [3.05, 3.63) is 34.3 Å². The maximum absolute atomic E-state index is 9.40. The Bertz CT molecular complexity index is 294. The quantitative estimate of drug-likeness (QED) is 0.827. The Morgan fingerprint density at radius 3 is 2.87 bits per heavy atom. The van der Waals surface area contributed by atoms with Crippen molar-refractivity contribution >= 4 is 15.9 Å². The van der Waals surface area contributed by atoms with Crippen molar-refractivity contribution in [2.45, 2.75) is 12.6 Å². The van der Waals surface area contributed by atoms with Crippen molar-refractivity contribution in [2.24, 2.45) is 0 Å². The lowest BCUT2D eigenvalue weighted by Gasteiger charge is -2.11. The molecule has 3 nitrogen and oxygen atoms in total. The number of aliphatic hydroxyl groups excluding tert-OH is 1. The number of ether oxygens (including phenoxy) is 1. The highest BCUT2D eigenvalue weighted by atomic mass is 79.9. The van der Waals surface area contributed by atoms with Crippen molar-refractivity contribution in [1.29, 1.82) is 0 Å². The monoisotopic (exact) mass is 273 g/mol. The summed E-state index contributed by atoms with van der Waals surface area (Å²) in [5.74, 6) is 0. The van der Waals surface area contributed by atoms with Gasteiger partial charge in [-0.05, 0) is 11.6 Å². The van der Waals surface area contributed by atoms with Gasteiger partial charge in [0, 0.05) is 24.7 Å². The summed E-state index contributed by atoms with van der Waals surface area (Å²) in [5.41, 5.74) is 1.18. The smallest absolute Gasteiger partial charge is 0.0897 e. The molecule has 84 valence electrons. The molecule has 0 radical (unpaired) electrons. The molecule has 0 saturated heterocycles. The van der Waals surface area contributed by atoms with Crippen molar-refractivity contribution < 1.29 is 9.84 Å². The summed E-state index contributed by atoms with van der Waals surface area (Å²) >= 11 is 3.47. The zero-order valence-corrected chi connectivity index (χ0v) is 10.3. The van der Waals surface area contributed by atoms with Gasteiger partial charge in [-0.2, -0.15) is 0 Å². The van der Waals surface area contributed by atoms with Crippen molar-refractivity contribution in [3.63, 3.8) is 0 Å². The van der Waals surface area contributed by atoms with Crippen LogP contribution < -0.4 is 5.32 Å². The minimum Gasteiger partial charge on any atom is -0.389 e. The van der Waals surface area contributed by atoms with Gasteiger partial charge in [0.1, 0.15) is 0 Å². The van der Waals surface area contributed by atoms with E-state index in [4.69, 9.17) is 4.74 Å². The first-order valence-electron chi connectivity index (χ1n) is 4.85. The maximum Gasteiger partial charge on any atom is 0.0897 e. The van der Waals surface area contributed by atoms with Crippen LogP contribution in [0, 0.1) is 0 Å². The molecular formula is C11H16BrNO2. The number of halogens is 1. The van der Waals surface area contributed by atoms with Crippen molar-refractivity contribution in [3.8, 4) is 0 Å². The summed E-state index contributed by atoms with van der Waals surface area (Å²) in [4.78, 5) is 0. The van der Waals surface area contributed by atoms with Crippen LogP contribution in [0.2, 0.25) is 0 Å². The Labute approximate surface area is 98.6 Å². The Morgan fingerprint density at radius 1 is 1.47 bits per heavy atom. The highest BCUT2D eigenvalue weighted by molar-refractivity contribution is 9.10. The SMILES string of the molecule is COCC(O)CNCc1ccccc1Br. The summed E-state index contributed by atoms with van der Waals surface area (Å²) < 4.78 is 5.91. The topological polar surface area (TPSA) is 41.5 Å². The van der Waals surface area contributed by atoms with E-state index >= 15 is 0 Å². The number of aliphatic hydroxyl groups is 1. The molecule has 0 bridgehead atoms. The molecule has 1 unspecified atom stereocenters. The van der Waals surface area contributed by atoms with E-state index in [0.29, 0.717) is 13.2 Å². The van der Waals surface area contributed by atoms with Gasteiger partial charge in [-0.1, -0.05) is 34.1 Å². The Morgan fingerprint density at radius 2 is 2.20 bits per heavy atom. The summed E-state index contributed by atoms with van der Waals surface area (Å²) in [6.07, 6.45) is -0.447.